The van der Waals surface area contributed by atoms with Crippen LogP contribution in [0.3, 0.4) is 0 Å². The minimum atomic E-state index is -0.976. The Labute approximate surface area is 168 Å². The number of benzene rings is 2. The quantitative estimate of drug-likeness (QED) is 0.753. The van der Waals surface area contributed by atoms with Gasteiger partial charge in [-0.1, -0.05) is 35.9 Å². The van der Waals surface area contributed by atoms with Gasteiger partial charge >= 0.3 is 12.0 Å². The van der Waals surface area contributed by atoms with Crippen molar-refractivity contribution in [2.24, 2.45) is 0 Å². The van der Waals surface area contributed by atoms with Gasteiger partial charge in [0, 0.05) is 12.6 Å². The third kappa shape index (κ3) is 4.39. The average molecular weight is 398 g/mol. The molecular weight excluding hydrogens is 375 g/mol. The van der Waals surface area contributed by atoms with Gasteiger partial charge in [0.15, 0.2) is 0 Å². The summed E-state index contributed by atoms with van der Waals surface area (Å²) in [4.78, 5) is 26.6. The maximum Gasteiger partial charge on any atom is 0.338 e. The smallest absolute Gasteiger partial charge is 0.338 e. The highest BCUT2D eigenvalue weighted by atomic mass is 19.1. The van der Waals surface area contributed by atoms with Crippen LogP contribution in [0.4, 0.5) is 9.18 Å². The highest BCUT2D eigenvalue weighted by Crippen LogP contribution is 2.32. The molecule has 0 spiro atoms. The van der Waals surface area contributed by atoms with Crippen molar-refractivity contribution < 1.29 is 23.5 Å². The van der Waals surface area contributed by atoms with Gasteiger partial charge in [0.2, 0.25) is 0 Å². The lowest BCUT2D eigenvalue weighted by Crippen LogP contribution is -2.48. The van der Waals surface area contributed by atoms with E-state index in [-0.39, 0.29) is 24.4 Å². The fourth-order valence-electron chi connectivity index (χ4n) is 3.11. The second kappa shape index (κ2) is 8.77. The first kappa shape index (κ1) is 20.4. The Balaban J connectivity index is 2.04. The molecule has 0 radical (unpaired) electrons. The molecule has 0 bridgehead atoms. The van der Waals surface area contributed by atoms with Crippen molar-refractivity contribution in [2.75, 3.05) is 20.3 Å². The number of ether oxygens (including phenoxy) is 2. The van der Waals surface area contributed by atoms with Crippen LogP contribution in [0.25, 0.3) is 0 Å². The summed E-state index contributed by atoms with van der Waals surface area (Å²) >= 11 is 0. The van der Waals surface area contributed by atoms with Gasteiger partial charge in [-0.05, 0) is 32.0 Å². The Bertz CT molecular complexity index is 940. The number of halogens is 1. The first-order valence-corrected chi connectivity index (χ1v) is 9.30. The van der Waals surface area contributed by atoms with E-state index in [9.17, 15) is 14.0 Å². The molecule has 2 aromatic carbocycles. The molecule has 3 rings (SSSR count). The maximum absolute atomic E-state index is 14.5. The highest BCUT2D eigenvalue weighted by Gasteiger charge is 2.38. The van der Waals surface area contributed by atoms with Crippen LogP contribution in [0.5, 0.6) is 5.75 Å². The van der Waals surface area contributed by atoms with Gasteiger partial charge in [0.25, 0.3) is 0 Å². The van der Waals surface area contributed by atoms with Crippen molar-refractivity contribution >= 4 is 12.0 Å². The van der Waals surface area contributed by atoms with Crippen molar-refractivity contribution in [3.63, 3.8) is 0 Å². The summed E-state index contributed by atoms with van der Waals surface area (Å²) in [6.07, 6.45) is 0. The molecule has 0 aromatic heterocycles. The van der Waals surface area contributed by atoms with E-state index < -0.39 is 23.9 Å². The predicted octanol–water partition coefficient (Wildman–Crippen LogP) is 3.73. The molecule has 2 aromatic rings. The van der Waals surface area contributed by atoms with Crippen molar-refractivity contribution in [1.29, 1.82) is 0 Å². The minimum Gasteiger partial charge on any atom is -0.487 e. The fraction of sp³-hybridized carbons (Fsp3) is 0.273. The molecule has 0 aliphatic carbocycles. The maximum atomic E-state index is 14.5. The zero-order chi connectivity index (χ0) is 21.0. The lowest BCUT2D eigenvalue weighted by molar-refractivity contribution is -0.139. The molecule has 1 aliphatic rings. The lowest BCUT2D eigenvalue weighted by atomic mass is 9.94. The van der Waals surface area contributed by atoms with E-state index in [0.29, 0.717) is 11.4 Å². The Kier molecular flexibility index (Phi) is 6.16. The summed E-state index contributed by atoms with van der Waals surface area (Å²) in [5.41, 5.74) is 1.73. The molecular formula is C22H23FN2O4. The average Bonchev–Trinajstić information content (AvgIpc) is 2.70. The van der Waals surface area contributed by atoms with Crippen molar-refractivity contribution in [2.45, 2.75) is 19.9 Å². The third-order valence-corrected chi connectivity index (χ3v) is 4.69. The lowest BCUT2D eigenvalue weighted by Gasteiger charge is -2.34. The molecule has 0 fully saturated rings. The molecule has 1 heterocycles. The Hall–Kier alpha value is -3.35. The number of likely N-dealkylation sites (N-methyl/N-ethyl adjacent to an activating group) is 1. The topological polar surface area (TPSA) is 67.9 Å². The van der Waals surface area contributed by atoms with Crippen LogP contribution in [0.15, 0.2) is 59.8 Å². The summed E-state index contributed by atoms with van der Waals surface area (Å²) in [5.74, 6) is -0.564. The third-order valence-electron chi connectivity index (χ3n) is 4.69. The van der Waals surface area contributed by atoms with E-state index in [1.54, 1.807) is 31.2 Å². The van der Waals surface area contributed by atoms with Crippen LogP contribution in [-0.2, 0) is 9.53 Å². The Morgan fingerprint density at radius 2 is 1.86 bits per heavy atom. The number of hydrogen-bond donors (Lipinski definition) is 1. The molecule has 29 heavy (non-hydrogen) atoms. The molecule has 1 aliphatic heterocycles. The molecule has 1 N–H and O–H groups in total. The van der Waals surface area contributed by atoms with Gasteiger partial charge in [0.05, 0.1) is 23.9 Å². The van der Waals surface area contributed by atoms with E-state index in [1.807, 2.05) is 19.1 Å². The molecule has 1 atom stereocenters. The van der Waals surface area contributed by atoms with Gasteiger partial charge in [-0.2, -0.15) is 0 Å². The van der Waals surface area contributed by atoms with E-state index in [0.717, 1.165) is 5.56 Å². The minimum absolute atomic E-state index is 0.0495. The largest absolute Gasteiger partial charge is 0.487 e. The first-order valence-electron chi connectivity index (χ1n) is 9.30. The zero-order valence-corrected chi connectivity index (χ0v) is 16.6. The van der Waals surface area contributed by atoms with E-state index in [4.69, 9.17) is 9.47 Å². The number of amides is 2. The van der Waals surface area contributed by atoms with Gasteiger partial charge < -0.3 is 14.8 Å². The number of carbonyl (C=O) groups excluding carboxylic acids is 2. The van der Waals surface area contributed by atoms with E-state index >= 15 is 0 Å². The number of urea groups is 1. The van der Waals surface area contributed by atoms with Crippen LogP contribution in [0, 0.1) is 12.7 Å². The highest BCUT2D eigenvalue weighted by molar-refractivity contribution is 5.95. The number of nitrogens with zero attached hydrogens (tertiary/aromatic N) is 1. The Morgan fingerprint density at radius 3 is 2.52 bits per heavy atom. The first-order chi connectivity index (χ1) is 13.9. The Morgan fingerprint density at radius 1 is 1.17 bits per heavy atom. The van der Waals surface area contributed by atoms with Gasteiger partial charge in [-0.3, -0.25) is 4.90 Å². The molecule has 7 heteroatoms. The summed E-state index contributed by atoms with van der Waals surface area (Å²) < 4.78 is 25.5. The van der Waals surface area contributed by atoms with E-state index in [2.05, 4.69) is 5.32 Å². The normalized spacial score (nSPS) is 16.5. The molecule has 1 unspecified atom stereocenters. The zero-order valence-electron chi connectivity index (χ0n) is 16.6. The van der Waals surface area contributed by atoms with Crippen LogP contribution >= 0.6 is 0 Å². The summed E-state index contributed by atoms with van der Waals surface area (Å²) in [5, 5.41) is 2.68. The van der Waals surface area contributed by atoms with Gasteiger partial charge in [-0.15, -0.1) is 0 Å². The van der Waals surface area contributed by atoms with Crippen LogP contribution in [-0.4, -0.2) is 37.2 Å². The van der Waals surface area contributed by atoms with Crippen molar-refractivity contribution in [1.82, 2.24) is 10.2 Å². The number of rotatable bonds is 6. The molecule has 152 valence electrons. The van der Waals surface area contributed by atoms with Crippen molar-refractivity contribution in [3.05, 3.63) is 76.7 Å². The van der Waals surface area contributed by atoms with E-state index in [1.165, 1.54) is 24.1 Å². The molecule has 0 saturated carbocycles. The second-order valence-corrected chi connectivity index (χ2v) is 6.65. The molecule has 0 saturated heterocycles. The number of nitrogens with one attached hydrogen (secondary N) is 1. The SMILES string of the molecule is CCOC(=O)C1=C(COc2ccc(C)cc2)N(C)C(=O)NC1c1ccccc1F. The summed E-state index contributed by atoms with van der Waals surface area (Å²) in [6, 6.07) is 12.0. The number of aryl methyl sites for hydroxylation is 1. The summed E-state index contributed by atoms with van der Waals surface area (Å²) in [6.45, 7) is 3.75. The standard InChI is InChI=1S/C22H23FN2O4/c1-4-28-21(26)19-18(13-29-15-11-9-14(2)10-12-15)25(3)22(27)24-20(19)16-7-5-6-8-17(16)23/h5-12,20H,4,13H2,1-3H3,(H,24,27). The van der Waals surface area contributed by atoms with Crippen LogP contribution in [0.1, 0.15) is 24.1 Å². The van der Waals surface area contributed by atoms with Gasteiger partial charge in [-0.25, -0.2) is 14.0 Å². The fourth-order valence-corrected chi connectivity index (χ4v) is 3.11. The monoisotopic (exact) mass is 398 g/mol. The van der Waals surface area contributed by atoms with Crippen LogP contribution < -0.4 is 10.1 Å². The van der Waals surface area contributed by atoms with Crippen molar-refractivity contribution in [3.8, 4) is 5.75 Å². The second-order valence-electron chi connectivity index (χ2n) is 6.65. The summed E-state index contributed by atoms with van der Waals surface area (Å²) in [7, 11) is 1.53. The number of hydrogen-bond acceptors (Lipinski definition) is 4. The molecule has 2 amide bonds. The van der Waals surface area contributed by atoms with Crippen LogP contribution in [0.2, 0.25) is 0 Å². The molecule has 6 nitrogen and oxygen atoms in total. The number of carbonyl (C=O) groups is 2. The predicted molar refractivity (Wildman–Crippen MR) is 106 cm³/mol. The number of esters is 1. The van der Waals surface area contributed by atoms with Gasteiger partial charge in [0.1, 0.15) is 18.2 Å².